The molecule has 1 saturated carbocycles. The minimum absolute atomic E-state index is 0.0831. The van der Waals surface area contributed by atoms with Gasteiger partial charge < -0.3 is 5.21 Å². The van der Waals surface area contributed by atoms with Gasteiger partial charge in [-0.25, -0.2) is 0 Å². The van der Waals surface area contributed by atoms with Crippen LogP contribution in [0.5, 0.6) is 0 Å². The van der Waals surface area contributed by atoms with Gasteiger partial charge in [-0.15, -0.1) is 0 Å². The van der Waals surface area contributed by atoms with Crippen molar-refractivity contribution in [3.63, 3.8) is 0 Å². The molecule has 1 unspecified atom stereocenters. The van der Waals surface area contributed by atoms with Gasteiger partial charge in [0.1, 0.15) is 5.78 Å². The Morgan fingerprint density at radius 1 is 1.43 bits per heavy atom. The van der Waals surface area contributed by atoms with Gasteiger partial charge in [0, 0.05) is 6.42 Å². The average molecular weight is 197 g/mol. The first-order chi connectivity index (χ1) is 6.79. The molecule has 0 aromatic heterocycles. The summed E-state index contributed by atoms with van der Waals surface area (Å²) in [7, 11) is 0. The van der Waals surface area contributed by atoms with Gasteiger partial charge in [-0.05, 0) is 19.3 Å². The van der Waals surface area contributed by atoms with E-state index in [0.29, 0.717) is 12.1 Å². The Morgan fingerprint density at radius 3 is 2.86 bits per heavy atom. The van der Waals surface area contributed by atoms with Crippen LogP contribution >= 0.6 is 0 Å². The molecule has 1 rings (SSSR count). The minimum atomic E-state index is -0.0831. The van der Waals surface area contributed by atoms with Crippen LogP contribution in [0.1, 0.15) is 51.9 Å². The number of unbranched alkanes of at least 4 members (excludes halogenated alkanes) is 2. The second-order valence-corrected chi connectivity index (χ2v) is 3.96. The fraction of sp³-hybridized carbons (Fsp3) is 0.818. The van der Waals surface area contributed by atoms with Crippen molar-refractivity contribution < 1.29 is 10.0 Å². The molecule has 0 radical (unpaired) electrons. The van der Waals surface area contributed by atoms with E-state index in [-0.39, 0.29) is 11.7 Å². The summed E-state index contributed by atoms with van der Waals surface area (Å²) in [6.45, 7) is 2.14. The molecule has 1 aliphatic carbocycles. The molecule has 1 atom stereocenters. The van der Waals surface area contributed by atoms with Crippen molar-refractivity contribution in [3.05, 3.63) is 0 Å². The van der Waals surface area contributed by atoms with E-state index in [2.05, 4.69) is 12.1 Å². The normalized spacial score (nSPS) is 25.6. The molecule has 1 N–H and O–H groups in total. The lowest BCUT2D eigenvalue weighted by Crippen LogP contribution is -2.28. The molecule has 1 aliphatic rings. The molecule has 80 valence electrons. The zero-order valence-corrected chi connectivity index (χ0v) is 8.83. The quantitative estimate of drug-likeness (QED) is 0.428. The lowest BCUT2D eigenvalue weighted by atomic mass is 9.83. The molecule has 0 saturated heterocycles. The van der Waals surface area contributed by atoms with Crippen LogP contribution in [0.15, 0.2) is 5.16 Å². The van der Waals surface area contributed by atoms with Crippen molar-refractivity contribution in [2.75, 3.05) is 0 Å². The van der Waals surface area contributed by atoms with Gasteiger partial charge in [0.2, 0.25) is 0 Å². The Balaban J connectivity index is 2.47. The highest BCUT2D eigenvalue weighted by Crippen LogP contribution is 2.23. The third kappa shape index (κ3) is 2.82. The van der Waals surface area contributed by atoms with E-state index in [1.54, 1.807) is 0 Å². The van der Waals surface area contributed by atoms with E-state index >= 15 is 0 Å². The van der Waals surface area contributed by atoms with Crippen molar-refractivity contribution in [3.8, 4) is 0 Å². The molecular formula is C11H19NO2. The average Bonchev–Trinajstić information content (AvgIpc) is 2.20. The van der Waals surface area contributed by atoms with Gasteiger partial charge in [-0.2, -0.15) is 0 Å². The maximum atomic E-state index is 11.6. The van der Waals surface area contributed by atoms with Crippen LogP contribution in [0.3, 0.4) is 0 Å². The molecule has 0 heterocycles. The number of carbonyl (C=O) groups is 1. The third-order valence-electron chi connectivity index (χ3n) is 2.87. The molecule has 3 nitrogen and oxygen atoms in total. The Bertz CT molecular complexity index is 223. The predicted molar refractivity (Wildman–Crippen MR) is 55.7 cm³/mol. The number of hydrogen-bond acceptors (Lipinski definition) is 3. The van der Waals surface area contributed by atoms with Crippen LogP contribution in [-0.2, 0) is 4.79 Å². The SMILES string of the molecule is CCCCCC1C(=O)CCCC1=NO. The fourth-order valence-electron chi connectivity index (χ4n) is 2.02. The summed E-state index contributed by atoms with van der Waals surface area (Å²) >= 11 is 0. The summed E-state index contributed by atoms with van der Waals surface area (Å²) in [4.78, 5) is 11.6. The Morgan fingerprint density at radius 2 is 2.21 bits per heavy atom. The largest absolute Gasteiger partial charge is 0.411 e. The van der Waals surface area contributed by atoms with Crippen molar-refractivity contribution in [1.82, 2.24) is 0 Å². The van der Waals surface area contributed by atoms with Gasteiger partial charge in [-0.1, -0.05) is 31.3 Å². The van der Waals surface area contributed by atoms with Crippen molar-refractivity contribution in [2.24, 2.45) is 11.1 Å². The molecule has 0 amide bonds. The summed E-state index contributed by atoms with van der Waals surface area (Å²) in [6, 6.07) is 0. The number of Topliss-reactive ketones (excluding diaryl/α,β-unsaturated/α-hetero) is 1. The molecule has 0 bridgehead atoms. The number of rotatable bonds is 4. The van der Waals surface area contributed by atoms with E-state index in [1.807, 2.05) is 0 Å². The van der Waals surface area contributed by atoms with Gasteiger partial charge in [0.15, 0.2) is 0 Å². The third-order valence-corrected chi connectivity index (χ3v) is 2.87. The molecule has 0 aromatic carbocycles. The molecule has 0 aliphatic heterocycles. The van der Waals surface area contributed by atoms with Gasteiger partial charge >= 0.3 is 0 Å². The van der Waals surface area contributed by atoms with Crippen LogP contribution in [0.4, 0.5) is 0 Å². The molecule has 3 heteroatoms. The molecule has 1 fully saturated rings. The first-order valence-corrected chi connectivity index (χ1v) is 5.53. The number of nitrogens with zero attached hydrogens (tertiary/aromatic N) is 1. The van der Waals surface area contributed by atoms with E-state index in [0.717, 1.165) is 38.5 Å². The summed E-state index contributed by atoms with van der Waals surface area (Å²) in [6.07, 6.45) is 6.55. The maximum Gasteiger partial charge on any atom is 0.141 e. The second kappa shape index (κ2) is 5.78. The van der Waals surface area contributed by atoms with E-state index in [9.17, 15) is 4.79 Å². The number of ketones is 1. The summed E-state index contributed by atoms with van der Waals surface area (Å²) in [5.41, 5.74) is 0.706. The van der Waals surface area contributed by atoms with Crippen molar-refractivity contribution >= 4 is 11.5 Å². The van der Waals surface area contributed by atoms with Crippen LogP contribution in [0.25, 0.3) is 0 Å². The molecular weight excluding hydrogens is 178 g/mol. The number of hydrogen-bond donors (Lipinski definition) is 1. The smallest absolute Gasteiger partial charge is 0.141 e. The standard InChI is InChI=1S/C11H19NO2/c1-2-3-4-6-9-10(12-14)7-5-8-11(9)13/h9,14H,2-8H2,1H3. The topological polar surface area (TPSA) is 49.7 Å². The first-order valence-electron chi connectivity index (χ1n) is 5.53. The second-order valence-electron chi connectivity index (χ2n) is 3.96. The number of oxime groups is 1. The Kier molecular flexibility index (Phi) is 4.63. The minimum Gasteiger partial charge on any atom is -0.411 e. The predicted octanol–water partition coefficient (Wildman–Crippen LogP) is 2.77. The highest BCUT2D eigenvalue weighted by molar-refractivity contribution is 6.06. The summed E-state index contributed by atoms with van der Waals surface area (Å²) < 4.78 is 0. The molecule has 0 aromatic rings. The highest BCUT2D eigenvalue weighted by atomic mass is 16.4. The van der Waals surface area contributed by atoms with E-state index in [4.69, 9.17) is 5.21 Å². The fourth-order valence-corrected chi connectivity index (χ4v) is 2.02. The monoisotopic (exact) mass is 197 g/mol. The lowest BCUT2D eigenvalue weighted by Gasteiger charge is -2.21. The molecule has 0 spiro atoms. The van der Waals surface area contributed by atoms with Crippen molar-refractivity contribution in [2.45, 2.75) is 51.9 Å². The van der Waals surface area contributed by atoms with E-state index in [1.165, 1.54) is 0 Å². The van der Waals surface area contributed by atoms with Gasteiger partial charge in [0.05, 0.1) is 11.6 Å². The van der Waals surface area contributed by atoms with Crippen LogP contribution in [-0.4, -0.2) is 16.7 Å². The van der Waals surface area contributed by atoms with Crippen molar-refractivity contribution in [1.29, 1.82) is 0 Å². The summed E-state index contributed by atoms with van der Waals surface area (Å²) in [5, 5.41) is 12.0. The highest BCUT2D eigenvalue weighted by Gasteiger charge is 2.27. The molecule has 14 heavy (non-hydrogen) atoms. The Labute approximate surface area is 85.2 Å². The first kappa shape index (κ1) is 11.2. The van der Waals surface area contributed by atoms with E-state index < -0.39 is 0 Å². The van der Waals surface area contributed by atoms with Crippen LogP contribution < -0.4 is 0 Å². The zero-order valence-electron chi connectivity index (χ0n) is 8.83. The van der Waals surface area contributed by atoms with Gasteiger partial charge in [0.25, 0.3) is 0 Å². The van der Waals surface area contributed by atoms with Gasteiger partial charge in [-0.3, -0.25) is 4.79 Å². The van der Waals surface area contributed by atoms with Crippen LogP contribution in [0.2, 0.25) is 0 Å². The lowest BCUT2D eigenvalue weighted by molar-refractivity contribution is -0.121. The maximum absolute atomic E-state index is 11.6. The number of carbonyl (C=O) groups excluding carboxylic acids is 1. The Hall–Kier alpha value is -0.860. The summed E-state index contributed by atoms with van der Waals surface area (Å²) in [5.74, 6) is 0.181. The zero-order chi connectivity index (χ0) is 10.4. The van der Waals surface area contributed by atoms with Crippen LogP contribution in [0, 0.1) is 5.92 Å².